The highest BCUT2D eigenvalue weighted by atomic mass is 32.2. The van der Waals surface area contributed by atoms with Crippen LogP contribution in [0.25, 0.3) is 0 Å². The van der Waals surface area contributed by atoms with Gasteiger partial charge < -0.3 is 10.1 Å². The molecule has 0 radical (unpaired) electrons. The Labute approximate surface area is 120 Å². The van der Waals surface area contributed by atoms with Gasteiger partial charge in [0, 0.05) is 10.6 Å². The lowest BCUT2D eigenvalue weighted by Gasteiger charge is -2.25. The van der Waals surface area contributed by atoms with Crippen LogP contribution in [-0.2, 0) is 9.53 Å². The maximum atomic E-state index is 11.7. The Morgan fingerprint density at radius 3 is 2.68 bits per heavy atom. The smallest absolute Gasteiger partial charge is 0.325 e. The molecule has 1 atom stereocenters. The second-order valence-electron chi connectivity index (χ2n) is 4.94. The zero-order valence-corrected chi connectivity index (χ0v) is 13.2. The highest BCUT2D eigenvalue weighted by Gasteiger charge is 2.31. The first kappa shape index (κ1) is 16.1. The predicted molar refractivity (Wildman–Crippen MR) is 80.7 cm³/mol. The molecule has 1 rings (SSSR count). The lowest BCUT2D eigenvalue weighted by Crippen LogP contribution is -2.48. The van der Waals surface area contributed by atoms with Gasteiger partial charge in [0.25, 0.3) is 0 Å². The van der Waals surface area contributed by atoms with Crippen molar-refractivity contribution in [3.63, 3.8) is 0 Å². The normalized spacial score (nSPS) is 13.9. The van der Waals surface area contributed by atoms with Crippen molar-refractivity contribution in [3.05, 3.63) is 29.3 Å². The number of methoxy groups -OCH3 is 1. The van der Waals surface area contributed by atoms with E-state index >= 15 is 0 Å². The first-order valence-electron chi connectivity index (χ1n) is 6.40. The topological polar surface area (TPSA) is 38.3 Å². The minimum atomic E-state index is -0.612. The van der Waals surface area contributed by atoms with E-state index in [1.165, 1.54) is 23.1 Å². The Morgan fingerprint density at radius 2 is 2.11 bits per heavy atom. The van der Waals surface area contributed by atoms with Gasteiger partial charge in [0.2, 0.25) is 0 Å². The fourth-order valence-electron chi connectivity index (χ4n) is 1.78. The van der Waals surface area contributed by atoms with Gasteiger partial charge in [-0.1, -0.05) is 17.7 Å². The van der Waals surface area contributed by atoms with Gasteiger partial charge in [-0.25, -0.2) is 0 Å². The standard InChI is InChI=1S/C15H23NO2S/c1-11-6-7-12(2)13(10-11)19-9-8-15(3,16-4)14(17)18-5/h6-7,10,16H,8-9H2,1-5H3. The molecule has 3 nitrogen and oxygen atoms in total. The van der Waals surface area contributed by atoms with Crippen molar-refractivity contribution in [2.75, 3.05) is 19.9 Å². The number of hydrogen-bond acceptors (Lipinski definition) is 4. The third kappa shape index (κ3) is 4.25. The zero-order valence-electron chi connectivity index (χ0n) is 12.4. The summed E-state index contributed by atoms with van der Waals surface area (Å²) in [7, 11) is 3.22. The number of carbonyl (C=O) groups excluding carboxylic acids is 1. The Morgan fingerprint density at radius 1 is 1.42 bits per heavy atom. The molecule has 1 aromatic carbocycles. The van der Waals surface area contributed by atoms with Crippen molar-refractivity contribution >= 4 is 17.7 Å². The van der Waals surface area contributed by atoms with E-state index in [0.29, 0.717) is 0 Å². The van der Waals surface area contributed by atoms with Crippen LogP contribution in [0.5, 0.6) is 0 Å². The molecule has 0 aromatic heterocycles. The molecule has 1 N–H and O–H groups in total. The number of nitrogens with one attached hydrogen (secondary N) is 1. The maximum absolute atomic E-state index is 11.7. The van der Waals surface area contributed by atoms with Gasteiger partial charge in [0.15, 0.2) is 0 Å². The summed E-state index contributed by atoms with van der Waals surface area (Å²) in [4.78, 5) is 13.0. The molecule has 106 valence electrons. The van der Waals surface area contributed by atoms with E-state index in [9.17, 15) is 4.79 Å². The first-order chi connectivity index (χ1) is 8.92. The Bertz CT molecular complexity index is 448. The average Bonchev–Trinajstić information content (AvgIpc) is 2.41. The fourth-order valence-corrected chi connectivity index (χ4v) is 3.08. The van der Waals surface area contributed by atoms with Gasteiger partial charge >= 0.3 is 5.97 Å². The lowest BCUT2D eigenvalue weighted by molar-refractivity contribution is -0.147. The number of likely N-dealkylation sites (N-methyl/N-ethyl adjacent to an activating group) is 1. The molecule has 0 saturated carbocycles. The van der Waals surface area contributed by atoms with Crippen molar-refractivity contribution in [3.8, 4) is 0 Å². The van der Waals surface area contributed by atoms with Crippen molar-refractivity contribution in [2.24, 2.45) is 0 Å². The van der Waals surface area contributed by atoms with Gasteiger partial charge in [0.1, 0.15) is 5.54 Å². The highest BCUT2D eigenvalue weighted by Crippen LogP contribution is 2.26. The van der Waals surface area contributed by atoms with E-state index in [1.54, 1.807) is 18.8 Å². The molecule has 0 aliphatic carbocycles. The fraction of sp³-hybridized carbons (Fsp3) is 0.533. The molecule has 0 fully saturated rings. The third-order valence-corrected chi connectivity index (χ3v) is 4.55. The van der Waals surface area contributed by atoms with Gasteiger partial charge in [-0.05, 0) is 45.9 Å². The van der Waals surface area contributed by atoms with Crippen molar-refractivity contribution in [2.45, 2.75) is 37.6 Å². The summed E-state index contributed by atoms with van der Waals surface area (Å²) in [6.07, 6.45) is 0.730. The number of esters is 1. The number of aryl methyl sites for hydroxylation is 2. The van der Waals surface area contributed by atoms with Crippen LogP contribution in [0, 0.1) is 13.8 Å². The van der Waals surface area contributed by atoms with Gasteiger partial charge in [0.05, 0.1) is 7.11 Å². The number of rotatable bonds is 6. The minimum absolute atomic E-state index is 0.212. The molecular formula is C15H23NO2S. The molecule has 4 heteroatoms. The third-order valence-electron chi connectivity index (χ3n) is 3.39. The highest BCUT2D eigenvalue weighted by molar-refractivity contribution is 7.99. The number of benzene rings is 1. The molecule has 0 aliphatic heterocycles. The van der Waals surface area contributed by atoms with E-state index in [-0.39, 0.29) is 5.97 Å². The van der Waals surface area contributed by atoms with Crippen LogP contribution in [0.2, 0.25) is 0 Å². The van der Waals surface area contributed by atoms with E-state index in [1.807, 2.05) is 6.92 Å². The quantitative estimate of drug-likeness (QED) is 0.643. The molecule has 1 aromatic rings. The van der Waals surface area contributed by atoms with Crippen LogP contribution < -0.4 is 5.32 Å². The summed E-state index contributed by atoms with van der Waals surface area (Å²) >= 11 is 1.78. The summed E-state index contributed by atoms with van der Waals surface area (Å²) in [6, 6.07) is 6.44. The first-order valence-corrected chi connectivity index (χ1v) is 7.39. The summed E-state index contributed by atoms with van der Waals surface area (Å²) in [5.41, 5.74) is 1.93. The molecule has 0 heterocycles. The monoisotopic (exact) mass is 281 g/mol. The second kappa shape index (κ2) is 6.96. The van der Waals surface area contributed by atoms with Crippen LogP contribution in [0.1, 0.15) is 24.5 Å². The summed E-state index contributed by atoms with van der Waals surface area (Å²) in [5.74, 6) is 0.660. The van der Waals surface area contributed by atoms with E-state index in [2.05, 4.69) is 37.4 Å². The zero-order chi connectivity index (χ0) is 14.5. The molecule has 0 aliphatic rings. The summed E-state index contributed by atoms with van der Waals surface area (Å²) in [6.45, 7) is 6.08. The molecular weight excluding hydrogens is 258 g/mol. The SMILES string of the molecule is CNC(C)(CCSc1cc(C)ccc1C)C(=O)OC. The largest absolute Gasteiger partial charge is 0.468 e. The Kier molecular flexibility index (Phi) is 5.88. The molecule has 0 spiro atoms. The van der Waals surface area contributed by atoms with Crippen molar-refractivity contribution < 1.29 is 9.53 Å². The molecule has 0 saturated heterocycles. The Hall–Kier alpha value is -1.00. The number of hydrogen-bond donors (Lipinski definition) is 1. The van der Waals surface area contributed by atoms with Crippen molar-refractivity contribution in [1.82, 2.24) is 5.32 Å². The molecule has 19 heavy (non-hydrogen) atoms. The second-order valence-corrected chi connectivity index (χ2v) is 6.08. The Balaban J connectivity index is 2.62. The lowest BCUT2D eigenvalue weighted by atomic mass is 10.00. The summed E-state index contributed by atoms with van der Waals surface area (Å²) in [5, 5.41) is 3.05. The van der Waals surface area contributed by atoms with Gasteiger partial charge in [-0.15, -0.1) is 11.8 Å². The van der Waals surface area contributed by atoms with Gasteiger partial charge in [-0.2, -0.15) is 0 Å². The maximum Gasteiger partial charge on any atom is 0.325 e. The number of thioether (sulfide) groups is 1. The molecule has 0 amide bonds. The van der Waals surface area contributed by atoms with E-state index in [0.717, 1.165) is 12.2 Å². The van der Waals surface area contributed by atoms with Gasteiger partial charge in [-0.3, -0.25) is 4.79 Å². The van der Waals surface area contributed by atoms with E-state index < -0.39 is 5.54 Å². The molecule has 0 bridgehead atoms. The van der Waals surface area contributed by atoms with Crippen LogP contribution in [0.15, 0.2) is 23.1 Å². The van der Waals surface area contributed by atoms with Crippen LogP contribution in [0.4, 0.5) is 0 Å². The predicted octanol–water partition coefficient (Wildman–Crippen LogP) is 2.94. The van der Waals surface area contributed by atoms with Crippen molar-refractivity contribution in [1.29, 1.82) is 0 Å². The van der Waals surface area contributed by atoms with Crippen LogP contribution in [-0.4, -0.2) is 31.4 Å². The number of ether oxygens (including phenoxy) is 1. The molecule has 1 unspecified atom stereocenters. The van der Waals surface area contributed by atoms with E-state index in [4.69, 9.17) is 4.74 Å². The average molecular weight is 281 g/mol. The summed E-state index contributed by atoms with van der Waals surface area (Å²) < 4.78 is 4.84. The number of carbonyl (C=O) groups is 1. The minimum Gasteiger partial charge on any atom is -0.468 e. The van der Waals surface area contributed by atoms with Crippen LogP contribution in [0.3, 0.4) is 0 Å². The van der Waals surface area contributed by atoms with Crippen LogP contribution >= 0.6 is 11.8 Å².